The van der Waals surface area contributed by atoms with Gasteiger partial charge in [0.05, 0.1) is 17.7 Å². The van der Waals surface area contributed by atoms with E-state index in [9.17, 15) is 4.79 Å². The van der Waals surface area contributed by atoms with Crippen LogP contribution in [0.1, 0.15) is 19.3 Å². The van der Waals surface area contributed by atoms with Crippen molar-refractivity contribution in [1.29, 1.82) is 0 Å². The van der Waals surface area contributed by atoms with Gasteiger partial charge in [-0.2, -0.15) is 0 Å². The number of allylic oxidation sites excluding steroid dienone is 5. The second-order valence-electron chi connectivity index (χ2n) is 4.04. The molecule has 0 amide bonds. The maximum absolute atomic E-state index is 11.1. The van der Waals surface area contributed by atoms with Crippen molar-refractivity contribution < 1.29 is 4.79 Å². The molecule has 2 rings (SSSR count). The Labute approximate surface area is 91.0 Å². The number of hydrogen-bond donors (Lipinski definition) is 0. The Morgan fingerprint density at radius 3 is 2.80 bits per heavy atom. The summed E-state index contributed by atoms with van der Waals surface area (Å²) < 4.78 is 0. The third kappa shape index (κ3) is 3.12. The minimum atomic E-state index is 0.417. The zero-order valence-electron chi connectivity index (χ0n) is 8.91. The van der Waals surface area contributed by atoms with Crippen LogP contribution in [0.25, 0.3) is 0 Å². The van der Waals surface area contributed by atoms with Gasteiger partial charge >= 0.3 is 0 Å². The molecule has 1 aliphatic carbocycles. The van der Waals surface area contributed by atoms with E-state index in [0.29, 0.717) is 5.78 Å². The van der Waals surface area contributed by atoms with Crippen molar-refractivity contribution in [3.8, 4) is 0 Å². The van der Waals surface area contributed by atoms with Crippen LogP contribution < -0.4 is 0 Å². The molecule has 78 valence electrons. The van der Waals surface area contributed by atoms with Crippen LogP contribution in [0.5, 0.6) is 0 Å². The largest absolute Gasteiger partial charge is 0.302 e. The van der Waals surface area contributed by atoms with Crippen LogP contribution in [0, 0.1) is 6.08 Å². The Bertz CT molecular complexity index is 315. The summed E-state index contributed by atoms with van der Waals surface area (Å²) >= 11 is 0. The van der Waals surface area contributed by atoms with Crippen molar-refractivity contribution in [2.24, 2.45) is 0 Å². The fourth-order valence-electron chi connectivity index (χ4n) is 1.90. The van der Waals surface area contributed by atoms with Gasteiger partial charge in [0, 0.05) is 45.0 Å². The van der Waals surface area contributed by atoms with Crippen molar-refractivity contribution in [3.05, 3.63) is 36.0 Å². The number of nitrogens with zero attached hydrogens (tertiary/aromatic N) is 1. The van der Waals surface area contributed by atoms with E-state index in [-0.39, 0.29) is 0 Å². The van der Waals surface area contributed by atoms with Gasteiger partial charge in [0.15, 0.2) is 0 Å². The maximum Gasteiger partial charge on any atom is 0.135 e. The van der Waals surface area contributed by atoms with E-state index in [1.54, 1.807) is 0 Å². The van der Waals surface area contributed by atoms with Gasteiger partial charge in [-0.1, -0.05) is 0 Å². The van der Waals surface area contributed by atoms with Crippen molar-refractivity contribution in [1.82, 2.24) is 4.90 Å². The smallest absolute Gasteiger partial charge is 0.135 e. The molecule has 0 aromatic rings. The molecule has 0 unspecified atom stereocenters. The summed E-state index contributed by atoms with van der Waals surface area (Å²) in [6, 6.07) is 0. The van der Waals surface area contributed by atoms with Gasteiger partial charge in [-0.25, -0.2) is 0 Å². The number of ketones is 1. The number of Topliss-reactive ketones (excluding diaryl/α,β-unsaturated/α-hetero) is 1. The Morgan fingerprint density at radius 1 is 1.33 bits per heavy atom. The Morgan fingerprint density at radius 2 is 2.13 bits per heavy atom. The lowest BCUT2D eigenvalue weighted by atomic mass is 10.1. The molecule has 1 heterocycles. The first kappa shape index (κ1) is 10.3. The van der Waals surface area contributed by atoms with Crippen LogP contribution in [-0.2, 0) is 4.79 Å². The molecule has 2 nitrogen and oxygen atoms in total. The summed E-state index contributed by atoms with van der Waals surface area (Å²) in [5, 5.41) is 0. The summed E-state index contributed by atoms with van der Waals surface area (Å²) in [6.07, 6.45) is 13.7. The molecule has 2 heteroatoms. The first-order valence-corrected chi connectivity index (χ1v) is 5.53. The molecule has 1 saturated heterocycles. The average Bonchev–Trinajstić information content (AvgIpc) is 2.30. The highest BCUT2D eigenvalue weighted by atomic mass is 16.1. The monoisotopic (exact) mass is 202 g/mol. The molecule has 0 radical (unpaired) electrons. The molecular formula is C13H16NO+. The van der Waals surface area contributed by atoms with E-state index in [0.717, 1.165) is 38.9 Å². The molecule has 1 aliphatic heterocycles. The zero-order valence-corrected chi connectivity index (χ0v) is 8.91. The van der Waals surface area contributed by atoms with Crippen LogP contribution in [0.4, 0.5) is 0 Å². The van der Waals surface area contributed by atoms with Gasteiger partial charge in [-0.15, -0.1) is 0 Å². The third-order valence-corrected chi connectivity index (χ3v) is 2.92. The SMILES string of the molecule is O=C1CCN(CCC2=CC=[C+]C=C2)CC1. The molecular weight excluding hydrogens is 186 g/mol. The van der Waals surface area contributed by atoms with Crippen LogP contribution in [-0.4, -0.2) is 30.3 Å². The highest BCUT2D eigenvalue weighted by Crippen LogP contribution is 2.11. The first-order valence-electron chi connectivity index (χ1n) is 5.53. The normalized spacial score (nSPS) is 21.3. The Balaban J connectivity index is 1.74. The fourth-order valence-corrected chi connectivity index (χ4v) is 1.90. The first-order chi connectivity index (χ1) is 7.34. The van der Waals surface area contributed by atoms with Crippen LogP contribution in [0.15, 0.2) is 29.9 Å². The topological polar surface area (TPSA) is 20.3 Å². The highest BCUT2D eigenvalue weighted by molar-refractivity contribution is 5.79. The van der Waals surface area contributed by atoms with E-state index in [1.165, 1.54) is 5.57 Å². The fraction of sp³-hybridized carbons (Fsp3) is 0.462. The molecule has 0 spiro atoms. The lowest BCUT2D eigenvalue weighted by Crippen LogP contribution is -2.34. The van der Waals surface area contributed by atoms with E-state index < -0.39 is 0 Å². The molecule has 0 saturated carbocycles. The quantitative estimate of drug-likeness (QED) is 0.651. The van der Waals surface area contributed by atoms with Gasteiger partial charge in [0.2, 0.25) is 0 Å². The standard InChI is InChI=1S/C13H16NO/c15-13-7-10-14(11-8-13)9-6-12-4-2-1-3-5-12/h2-5H,6-11H2/q+1. The van der Waals surface area contributed by atoms with E-state index in [4.69, 9.17) is 0 Å². The summed E-state index contributed by atoms with van der Waals surface area (Å²) in [4.78, 5) is 13.4. The highest BCUT2D eigenvalue weighted by Gasteiger charge is 2.16. The van der Waals surface area contributed by atoms with E-state index >= 15 is 0 Å². The predicted molar refractivity (Wildman–Crippen MR) is 60.3 cm³/mol. The Kier molecular flexibility index (Phi) is 3.44. The summed E-state index contributed by atoms with van der Waals surface area (Å²) in [5.41, 5.74) is 1.35. The zero-order chi connectivity index (χ0) is 10.5. The molecule has 0 N–H and O–H groups in total. The number of likely N-dealkylation sites (tertiary alicyclic amines) is 1. The van der Waals surface area contributed by atoms with Crippen LogP contribution in [0.3, 0.4) is 0 Å². The molecule has 15 heavy (non-hydrogen) atoms. The average molecular weight is 202 g/mol. The second-order valence-corrected chi connectivity index (χ2v) is 4.04. The van der Waals surface area contributed by atoms with Gasteiger partial charge in [-0.05, 0) is 0 Å². The molecule has 0 aromatic carbocycles. The minimum Gasteiger partial charge on any atom is -0.302 e. The van der Waals surface area contributed by atoms with Crippen LogP contribution >= 0.6 is 0 Å². The number of rotatable bonds is 3. The Hall–Kier alpha value is -1.24. The van der Waals surface area contributed by atoms with E-state index in [2.05, 4.69) is 23.1 Å². The summed E-state index contributed by atoms with van der Waals surface area (Å²) in [6.45, 7) is 2.95. The van der Waals surface area contributed by atoms with E-state index in [1.807, 2.05) is 12.2 Å². The van der Waals surface area contributed by atoms with Gasteiger partial charge in [-0.3, -0.25) is 4.79 Å². The summed E-state index contributed by atoms with van der Waals surface area (Å²) in [5.74, 6) is 0.417. The predicted octanol–water partition coefficient (Wildman–Crippen LogP) is 1.90. The molecule has 0 bridgehead atoms. The molecule has 2 aliphatic rings. The second kappa shape index (κ2) is 5.01. The van der Waals surface area contributed by atoms with Crippen molar-refractivity contribution in [2.45, 2.75) is 19.3 Å². The third-order valence-electron chi connectivity index (χ3n) is 2.92. The van der Waals surface area contributed by atoms with Crippen molar-refractivity contribution in [2.75, 3.05) is 19.6 Å². The van der Waals surface area contributed by atoms with Crippen molar-refractivity contribution in [3.63, 3.8) is 0 Å². The summed E-state index contributed by atoms with van der Waals surface area (Å²) in [7, 11) is 0. The van der Waals surface area contributed by atoms with Gasteiger partial charge in [0.1, 0.15) is 17.9 Å². The van der Waals surface area contributed by atoms with Gasteiger partial charge in [0.25, 0.3) is 0 Å². The van der Waals surface area contributed by atoms with Crippen molar-refractivity contribution >= 4 is 5.78 Å². The number of carbonyl (C=O) groups is 1. The van der Waals surface area contributed by atoms with Crippen LogP contribution in [0.2, 0.25) is 0 Å². The molecule has 0 aromatic heterocycles. The molecule has 1 fully saturated rings. The maximum atomic E-state index is 11.1. The molecule has 0 atom stereocenters. The lowest BCUT2D eigenvalue weighted by Gasteiger charge is -2.25. The number of hydrogen-bond acceptors (Lipinski definition) is 2. The lowest BCUT2D eigenvalue weighted by molar-refractivity contribution is -0.121. The minimum absolute atomic E-state index is 0.417. The number of carbonyl (C=O) groups excluding carboxylic acids is 1. The number of piperidine rings is 1. The van der Waals surface area contributed by atoms with Gasteiger partial charge < -0.3 is 4.90 Å².